The summed E-state index contributed by atoms with van der Waals surface area (Å²) in [4.78, 5) is 3.94. The summed E-state index contributed by atoms with van der Waals surface area (Å²) in [5.74, 6) is 0. The molecule has 0 spiro atoms. The highest BCUT2D eigenvalue weighted by atomic mass is 35.5. The fraction of sp³-hybridized carbons (Fsp3) is 0.583. The third-order valence-corrected chi connectivity index (χ3v) is 3.48. The molecule has 1 saturated carbocycles. The molecule has 3 N–H and O–H groups in total. The van der Waals surface area contributed by atoms with E-state index < -0.39 is 0 Å². The molecule has 0 radical (unpaired) electrons. The molecule has 1 aliphatic carbocycles. The second-order valence-corrected chi connectivity index (χ2v) is 4.84. The molecule has 17 heavy (non-hydrogen) atoms. The van der Waals surface area contributed by atoms with Crippen molar-refractivity contribution < 1.29 is 4.74 Å². The maximum Gasteiger partial charge on any atom is 0.131 e. The Hall–Kier alpha value is -1.00. The van der Waals surface area contributed by atoms with E-state index in [9.17, 15) is 0 Å². The lowest BCUT2D eigenvalue weighted by atomic mass is 9.93. The molecule has 1 heterocycles. The second kappa shape index (κ2) is 5.56. The summed E-state index contributed by atoms with van der Waals surface area (Å²) in [7, 11) is 1.78. The number of methoxy groups -OCH3 is 1. The number of hydrogen-bond donors (Lipinski definition) is 2. The molecule has 1 aromatic heterocycles. The molecule has 0 amide bonds. The van der Waals surface area contributed by atoms with Gasteiger partial charge >= 0.3 is 0 Å². The van der Waals surface area contributed by atoms with Gasteiger partial charge in [-0.1, -0.05) is 11.6 Å². The van der Waals surface area contributed by atoms with Crippen molar-refractivity contribution in [2.75, 3.05) is 18.2 Å². The molecule has 2 rings (SSSR count). The second-order valence-electron chi connectivity index (χ2n) is 4.45. The molecule has 1 aromatic rings. The number of hydrogen-bond acceptors (Lipinski definition) is 4. The largest absolute Gasteiger partial charge is 0.396 e. The predicted octanol–water partition coefficient (Wildman–Crippen LogP) is 2.69. The van der Waals surface area contributed by atoms with Gasteiger partial charge in [0.1, 0.15) is 5.15 Å². The van der Waals surface area contributed by atoms with Gasteiger partial charge in [0.05, 0.1) is 23.7 Å². The first-order chi connectivity index (χ1) is 8.19. The average Bonchev–Trinajstić information content (AvgIpc) is 2.35. The van der Waals surface area contributed by atoms with E-state index in [4.69, 9.17) is 22.1 Å². The SMILES string of the molecule is COC1CCC(Nc2cc(Cl)ncc2N)CC1. The number of pyridine rings is 1. The van der Waals surface area contributed by atoms with Crippen molar-refractivity contribution >= 4 is 23.0 Å². The quantitative estimate of drug-likeness (QED) is 0.816. The van der Waals surface area contributed by atoms with Crippen LogP contribution in [0.5, 0.6) is 0 Å². The van der Waals surface area contributed by atoms with Crippen molar-refractivity contribution in [1.29, 1.82) is 0 Å². The Morgan fingerprint density at radius 1 is 1.41 bits per heavy atom. The van der Waals surface area contributed by atoms with Gasteiger partial charge in [0, 0.05) is 19.2 Å². The molecule has 4 nitrogen and oxygen atoms in total. The van der Waals surface area contributed by atoms with Crippen LogP contribution in [0.3, 0.4) is 0 Å². The summed E-state index contributed by atoms with van der Waals surface area (Å²) in [5.41, 5.74) is 7.37. The minimum absolute atomic E-state index is 0.409. The Kier molecular flexibility index (Phi) is 4.07. The van der Waals surface area contributed by atoms with Crippen molar-refractivity contribution in [1.82, 2.24) is 4.98 Å². The zero-order valence-electron chi connectivity index (χ0n) is 9.95. The van der Waals surface area contributed by atoms with E-state index in [1.54, 1.807) is 19.4 Å². The van der Waals surface area contributed by atoms with Gasteiger partial charge < -0.3 is 15.8 Å². The summed E-state index contributed by atoms with van der Waals surface area (Å²) >= 11 is 5.85. The van der Waals surface area contributed by atoms with Crippen LogP contribution in [0, 0.1) is 0 Å². The maximum atomic E-state index is 5.85. The van der Waals surface area contributed by atoms with Gasteiger partial charge in [-0.05, 0) is 25.7 Å². The van der Waals surface area contributed by atoms with Crippen LogP contribution in [0.25, 0.3) is 0 Å². The van der Waals surface area contributed by atoms with E-state index in [1.807, 2.05) is 0 Å². The maximum absolute atomic E-state index is 5.85. The van der Waals surface area contributed by atoms with Crippen LogP contribution >= 0.6 is 11.6 Å². The highest BCUT2D eigenvalue weighted by molar-refractivity contribution is 6.29. The first kappa shape index (κ1) is 12.5. The van der Waals surface area contributed by atoms with Crippen molar-refractivity contribution in [2.45, 2.75) is 37.8 Å². The monoisotopic (exact) mass is 255 g/mol. The molecule has 94 valence electrons. The highest BCUT2D eigenvalue weighted by Gasteiger charge is 2.21. The lowest BCUT2D eigenvalue weighted by Crippen LogP contribution is -2.29. The number of nitrogens with one attached hydrogen (secondary N) is 1. The fourth-order valence-corrected chi connectivity index (χ4v) is 2.39. The van der Waals surface area contributed by atoms with E-state index in [1.165, 1.54) is 0 Å². The topological polar surface area (TPSA) is 60.2 Å². The summed E-state index contributed by atoms with van der Waals surface area (Å²) < 4.78 is 5.35. The minimum atomic E-state index is 0.409. The summed E-state index contributed by atoms with van der Waals surface area (Å²) in [5, 5.41) is 3.89. The molecule has 0 aliphatic heterocycles. The van der Waals surface area contributed by atoms with Crippen LogP contribution in [0.1, 0.15) is 25.7 Å². The Morgan fingerprint density at radius 2 is 2.12 bits per heavy atom. The van der Waals surface area contributed by atoms with Crippen LogP contribution in [-0.2, 0) is 4.74 Å². The molecule has 1 aliphatic rings. The third kappa shape index (κ3) is 3.23. The molecule has 0 atom stereocenters. The number of ether oxygens (including phenoxy) is 1. The number of halogens is 1. The Bertz CT molecular complexity index is 378. The van der Waals surface area contributed by atoms with Gasteiger partial charge in [0.25, 0.3) is 0 Å². The first-order valence-electron chi connectivity index (χ1n) is 5.89. The van der Waals surface area contributed by atoms with E-state index in [-0.39, 0.29) is 0 Å². The molecule has 5 heteroatoms. The van der Waals surface area contributed by atoms with Crippen LogP contribution in [0.2, 0.25) is 5.15 Å². The summed E-state index contributed by atoms with van der Waals surface area (Å²) in [6.45, 7) is 0. The summed E-state index contributed by atoms with van der Waals surface area (Å²) in [6, 6.07) is 2.22. The van der Waals surface area contributed by atoms with E-state index in [2.05, 4.69) is 10.3 Å². The van der Waals surface area contributed by atoms with Crippen molar-refractivity contribution in [3.8, 4) is 0 Å². The Labute approximate surface area is 107 Å². The van der Waals surface area contributed by atoms with Crippen LogP contribution < -0.4 is 11.1 Å². The van der Waals surface area contributed by atoms with Gasteiger partial charge in [-0.25, -0.2) is 4.98 Å². The van der Waals surface area contributed by atoms with E-state index >= 15 is 0 Å². The van der Waals surface area contributed by atoms with E-state index in [0.29, 0.717) is 23.0 Å². The van der Waals surface area contributed by atoms with Crippen molar-refractivity contribution in [3.63, 3.8) is 0 Å². The molecular weight excluding hydrogens is 238 g/mol. The van der Waals surface area contributed by atoms with Gasteiger partial charge in [0.2, 0.25) is 0 Å². The number of nitrogens with two attached hydrogens (primary N) is 1. The van der Waals surface area contributed by atoms with Gasteiger partial charge in [-0.15, -0.1) is 0 Å². The van der Waals surface area contributed by atoms with Gasteiger partial charge in [-0.2, -0.15) is 0 Å². The van der Waals surface area contributed by atoms with Crippen molar-refractivity contribution in [2.24, 2.45) is 0 Å². The number of rotatable bonds is 3. The zero-order chi connectivity index (χ0) is 12.3. The number of aromatic nitrogens is 1. The summed E-state index contributed by atoms with van der Waals surface area (Å²) in [6.07, 6.45) is 6.37. The number of anilines is 2. The normalized spacial score (nSPS) is 24.6. The zero-order valence-corrected chi connectivity index (χ0v) is 10.7. The smallest absolute Gasteiger partial charge is 0.131 e. The average molecular weight is 256 g/mol. The molecule has 1 fully saturated rings. The first-order valence-corrected chi connectivity index (χ1v) is 6.27. The highest BCUT2D eigenvalue weighted by Crippen LogP contribution is 2.27. The van der Waals surface area contributed by atoms with Crippen LogP contribution in [0.15, 0.2) is 12.3 Å². The van der Waals surface area contributed by atoms with Gasteiger partial charge in [-0.3, -0.25) is 0 Å². The van der Waals surface area contributed by atoms with Crippen LogP contribution in [0.4, 0.5) is 11.4 Å². The van der Waals surface area contributed by atoms with Crippen LogP contribution in [-0.4, -0.2) is 24.2 Å². The van der Waals surface area contributed by atoms with Crippen molar-refractivity contribution in [3.05, 3.63) is 17.4 Å². The Morgan fingerprint density at radius 3 is 2.76 bits per heavy atom. The van der Waals surface area contributed by atoms with E-state index in [0.717, 1.165) is 31.4 Å². The predicted molar refractivity (Wildman–Crippen MR) is 70.3 cm³/mol. The third-order valence-electron chi connectivity index (χ3n) is 3.27. The molecule has 0 aromatic carbocycles. The minimum Gasteiger partial charge on any atom is -0.396 e. The lowest BCUT2D eigenvalue weighted by Gasteiger charge is -2.29. The number of nitrogen functional groups attached to an aromatic ring is 1. The fourth-order valence-electron chi connectivity index (χ4n) is 2.23. The Balaban J connectivity index is 1.95. The molecular formula is C12H18ClN3O. The standard InChI is InChI=1S/C12H18ClN3O/c1-17-9-4-2-8(3-5-9)16-11-6-12(13)15-7-10(11)14/h6-9H,2-5,14H2,1H3,(H,15,16). The molecule has 0 bridgehead atoms. The number of nitrogens with zero attached hydrogens (tertiary/aromatic N) is 1. The molecule has 0 unspecified atom stereocenters. The van der Waals surface area contributed by atoms with Gasteiger partial charge in [0.15, 0.2) is 0 Å². The lowest BCUT2D eigenvalue weighted by molar-refractivity contribution is 0.0682. The molecule has 0 saturated heterocycles.